The lowest BCUT2D eigenvalue weighted by atomic mass is 9.66. The summed E-state index contributed by atoms with van der Waals surface area (Å²) in [7, 11) is 0. The van der Waals surface area contributed by atoms with Gasteiger partial charge in [0.1, 0.15) is 4.91 Å². The molecule has 2 saturated carbocycles. The summed E-state index contributed by atoms with van der Waals surface area (Å²) in [5, 5.41) is 19.9. The first-order chi connectivity index (χ1) is 7.41. The molecule has 0 spiro atoms. The van der Waals surface area contributed by atoms with Crippen LogP contribution in [0.1, 0.15) is 33.1 Å². The molecule has 3 aliphatic rings. The first-order valence-corrected chi connectivity index (χ1v) is 5.76. The Hall–Kier alpha value is -1.31. The summed E-state index contributed by atoms with van der Waals surface area (Å²) in [6.07, 6.45) is 2.84. The maximum atomic E-state index is 11.2. The van der Waals surface area contributed by atoms with Gasteiger partial charge in [-0.05, 0) is 25.2 Å². The van der Waals surface area contributed by atoms with Crippen LogP contribution >= 0.6 is 0 Å². The Morgan fingerprint density at radius 1 is 1.56 bits per heavy atom. The highest BCUT2D eigenvalue weighted by atomic mass is 16.7. The number of hydrogen-bond donors (Lipinski definition) is 1. The summed E-state index contributed by atoms with van der Waals surface area (Å²) in [6.45, 7) is 4.77. The second-order valence-corrected chi connectivity index (χ2v) is 5.97. The predicted octanol–water partition coefficient (Wildman–Crippen LogP) is 1.47. The SMILES string of the molecule is CC12CN([N+](=O)O)C3(C#N)CC1CCC23C. The highest BCUT2D eigenvalue weighted by Crippen LogP contribution is 2.75. The second kappa shape index (κ2) is 2.34. The number of rotatable bonds is 1. The quantitative estimate of drug-likeness (QED) is 0.682. The van der Waals surface area contributed by atoms with Crippen molar-refractivity contribution in [2.45, 2.75) is 38.6 Å². The van der Waals surface area contributed by atoms with E-state index in [1.54, 1.807) is 0 Å². The molecule has 4 unspecified atom stereocenters. The van der Waals surface area contributed by atoms with Gasteiger partial charge in [-0.15, -0.1) is 0 Å². The van der Waals surface area contributed by atoms with Crippen molar-refractivity contribution in [1.82, 2.24) is 5.01 Å². The summed E-state index contributed by atoms with van der Waals surface area (Å²) in [6, 6.07) is 2.32. The molecule has 4 bridgehead atoms. The van der Waals surface area contributed by atoms with Crippen molar-refractivity contribution in [2.75, 3.05) is 6.54 Å². The summed E-state index contributed by atoms with van der Waals surface area (Å²) in [4.78, 5) is 11.2. The smallest absolute Gasteiger partial charge is 0.219 e. The molecule has 1 saturated heterocycles. The van der Waals surface area contributed by atoms with Crippen molar-refractivity contribution in [3.05, 3.63) is 4.91 Å². The van der Waals surface area contributed by atoms with E-state index in [0.717, 1.165) is 19.3 Å². The Labute approximate surface area is 94.1 Å². The Morgan fingerprint density at radius 2 is 2.25 bits per heavy atom. The highest BCUT2D eigenvalue weighted by molar-refractivity contribution is 5.34. The molecule has 0 aromatic heterocycles. The Kier molecular flexibility index (Phi) is 1.45. The van der Waals surface area contributed by atoms with Crippen molar-refractivity contribution in [1.29, 1.82) is 5.26 Å². The van der Waals surface area contributed by atoms with Crippen LogP contribution in [0.15, 0.2) is 0 Å². The van der Waals surface area contributed by atoms with Crippen LogP contribution in [0.2, 0.25) is 0 Å². The van der Waals surface area contributed by atoms with E-state index in [1.807, 2.05) is 0 Å². The molecule has 1 N–H and O–H groups in total. The number of nitriles is 1. The van der Waals surface area contributed by atoms with Gasteiger partial charge in [-0.2, -0.15) is 5.26 Å². The van der Waals surface area contributed by atoms with Crippen LogP contribution < -0.4 is 0 Å². The van der Waals surface area contributed by atoms with Gasteiger partial charge in [0.2, 0.25) is 0 Å². The Bertz CT molecular complexity index is 431. The molecule has 0 amide bonds. The van der Waals surface area contributed by atoms with Gasteiger partial charge < -0.3 is 0 Å². The normalized spacial score (nSPS) is 53.1. The number of hydrogen-bond acceptors (Lipinski definition) is 2. The topological polar surface area (TPSA) is 67.3 Å². The molecule has 3 rings (SSSR count). The minimum absolute atomic E-state index is 0.00583. The van der Waals surface area contributed by atoms with Gasteiger partial charge in [0, 0.05) is 10.8 Å². The third-order valence-electron chi connectivity index (χ3n) is 5.92. The summed E-state index contributed by atoms with van der Waals surface area (Å²) in [5.41, 5.74) is -0.958. The molecule has 0 aromatic rings. The average Bonchev–Trinajstić information content (AvgIpc) is 2.68. The highest BCUT2D eigenvalue weighted by Gasteiger charge is 2.82. The summed E-state index contributed by atoms with van der Waals surface area (Å²) < 4.78 is 0. The molecule has 5 heteroatoms. The standard InChI is InChI=1S/C11H16N3O2/c1-9-7-13(14(15)16)11(6-12)5-8(9)3-4-10(9,11)2/h8H,3-5,7H2,1-2H3,(H,15,16)/q+1. The maximum absolute atomic E-state index is 11.2. The largest absolute Gasteiger partial charge is 0.358 e. The maximum Gasteiger partial charge on any atom is 0.358 e. The van der Waals surface area contributed by atoms with Crippen molar-refractivity contribution >= 4 is 0 Å². The van der Waals surface area contributed by atoms with Gasteiger partial charge in [-0.3, -0.25) is 0 Å². The molecule has 1 aliphatic heterocycles. The monoisotopic (exact) mass is 222 g/mol. The van der Waals surface area contributed by atoms with E-state index >= 15 is 0 Å². The van der Waals surface area contributed by atoms with E-state index in [1.165, 1.54) is 5.01 Å². The van der Waals surface area contributed by atoms with Crippen LogP contribution in [0.3, 0.4) is 0 Å². The fourth-order valence-corrected chi connectivity index (χ4v) is 4.68. The molecule has 2 aliphatic carbocycles. The number of hydrazine groups is 1. The molecule has 5 nitrogen and oxygen atoms in total. The Morgan fingerprint density at radius 3 is 2.75 bits per heavy atom. The molecular formula is C11H16N3O2+. The molecule has 4 atom stereocenters. The first-order valence-electron chi connectivity index (χ1n) is 5.76. The van der Waals surface area contributed by atoms with Gasteiger partial charge in [0.15, 0.2) is 5.54 Å². The van der Waals surface area contributed by atoms with Crippen LogP contribution in [0.5, 0.6) is 0 Å². The number of piperidine rings is 1. The third-order valence-corrected chi connectivity index (χ3v) is 5.92. The van der Waals surface area contributed by atoms with E-state index < -0.39 is 5.54 Å². The molecule has 0 radical (unpaired) electrons. The minimum Gasteiger partial charge on any atom is -0.219 e. The third kappa shape index (κ3) is 0.649. The van der Waals surface area contributed by atoms with E-state index in [4.69, 9.17) is 0 Å². The van der Waals surface area contributed by atoms with E-state index in [2.05, 4.69) is 19.9 Å². The van der Waals surface area contributed by atoms with Crippen LogP contribution in [0, 0.1) is 33.0 Å². The lowest BCUT2D eigenvalue weighted by molar-refractivity contribution is -0.910. The van der Waals surface area contributed by atoms with Gasteiger partial charge in [0.25, 0.3) is 0 Å². The van der Waals surface area contributed by atoms with Gasteiger partial charge in [0.05, 0.1) is 12.6 Å². The van der Waals surface area contributed by atoms with Crippen molar-refractivity contribution in [3.63, 3.8) is 0 Å². The average molecular weight is 222 g/mol. The molecular weight excluding hydrogens is 206 g/mol. The molecule has 1 heterocycles. The Balaban J connectivity index is 2.19. The fraction of sp³-hybridized carbons (Fsp3) is 0.909. The minimum atomic E-state index is -0.791. The zero-order valence-corrected chi connectivity index (χ0v) is 9.60. The van der Waals surface area contributed by atoms with Gasteiger partial charge >= 0.3 is 5.03 Å². The van der Waals surface area contributed by atoms with Crippen LogP contribution in [0.25, 0.3) is 0 Å². The fourth-order valence-electron chi connectivity index (χ4n) is 4.68. The predicted molar refractivity (Wildman–Crippen MR) is 54.0 cm³/mol. The zero-order valence-electron chi connectivity index (χ0n) is 9.60. The lowest BCUT2D eigenvalue weighted by Crippen LogP contribution is -2.55. The molecule has 3 fully saturated rings. The van der Waals surface area contributed by atoms with Crippen LogP contribution in [0.4, 0.5) is 0 Å². The summed E-state index contributed by atoms with van der Waals surface area (Å²) in [5.74, 6) is 0.522. The van der Waals surface area contributed by atoms with Crippen LogP contribution in [-0.4, -0.2) is 27.3 Å². The van der Waals surface area contributed by atoms with Crippen molar-refractivity contribution in [2.24, 2.45) is 16.7 Å². The van der Waals surface area contributed by atoms with Gasteiger partial charge in [-0.25, -0.2) is 5.21 Å². The van der Waals surface area contributed by atoms with E-state index in [9.17, 15) is 15.4 Å². The van der Waals surface area contributed by atoms with Gasteiger partial charge in [-0.1, -0.05) is 18.9 Å². The second-order valence-electron chi connectivity index (χ2n) is 5.97. The molecule has 86 valence electrons. The number of nitrogens with zero attached hydrogens (tertiary/aromatic N) is 3. The van der Waals surface area contributed by atoms with E-state index in [-0.39, 0.29) is 15.9 Å². The first kappa shape index (κ1) is 9.88. The van der Waals surface area contributed by atoms with Crippen molar-refractivity contribution < 1.29 is 10.2 Å². The molecule has 16 heavy (non-hydrogen) atoms. The zero-order chi connectivity index (χ0) is 11.8. The van der Waals surface area contributed by atoms with Crippen molar-refractivity contribution in [3.8, 4) is 6.07 Å². The van der Waals surface area contributed by atoms with Crippen LogP contribution in [-0.2, 0) is 0 Å². The molecule has 0 aromatic carbocycles. The summed E-state index contributed by atoms with van der Waals surface area (Å²) >= 11 is 0. The van der Waals surface area contributed by atoms with E-state index in [0.29, 0.717) is 12.5 Å². The lowest BCUT2D eigenvalue weighted by Gasteiger charge is -2.36.